The maximum atomic E-state index is 12.9. The summed E-state index contributed by atoms with van der Waals surface area (Å²) < 4.78 is 32.1. The average molecular weight is 431 g/mol. The van der Waals surface area contributed by atoms with Crippen molar-refractivity contribution in [2.75, 3.05) is 25.0 Å². The van der Waals surface area contributed by atoms with Crippen molar-refractivity contribution >= 4 is 44.8 Å². The normalized spacial score (nSPS) is 11.4. The maximum absolute atomic E-state index is 12.9. The van der Waals surface area contributed by atoms with E-state index in [1.165, 1.54) is 18.2 Å². The van der Waals surface area contributed by atoms with Gasteiger partial charge in [-0.25, -0.2) is 8.42 Å². The summed E-state index contributed by atoms with van der Waals surface area (Å²) in [5.74, 6) is -0.0943. The number of nitrogens with zero attached hydrogens (tertiary/aromatic N) is 1. The van der Waals surface area contributed by atoms with Crippen molar-refractivity contribution in [3.63, 3.8) is 0 Å². The third kappa shape index (κ3) is 5.35. The lowest BCUT2D eigenvalue weighted by atomic mass is 10.3. The van der Waals surface area contributed by atoms with Gasteiger partial charge in [-0.1, -0.05) is 42.3 Å². The second-order valence-corrected chi connectivity index (χ2v) is 8.24. The van der Waals surface area contributed by atoms with Gasteiger partial charge in [-0.3, -0.25) is 4.79 Å². The zero-order valence-electron chi connectivity index (χ0n) is 14.9. The van der Waals surface area contributed by atoms with E-state index < -0.39 is 15.9 Å². The van der Waals surface area contributed by atoms with Gasteiger partial charge < -0.3 is 10.1 Å². The van der Waals surface area contributed by atoms with Gasteiger partial charge in [0.15, 0.2) is 0 Å². The number of nitrogens with one attached hydrogen (secondary N) is 1. The highest BCUT2D eigenvalue weighted by Gasteiger charge is 2.26. The molecule has 0 heterocycles. The zero-order valence-corrected chi connectivity index (χ0v) is 17.2. The molecule has 1 N–H and O–H groups in total. The molecule has 0 spiro atoms. The van der Waals surface area contributed by atoms with Crippen molar-refractivity contribution in [2.45, 2.75) is 18.7 Å². The molecule has 0 unspecified atom stereocenters. The first-order chi connectivity index (χ1) is 12.8. The summed E-state index contributed by atoms with van der Waals surface area (Å²) in [6, 6.07) is 10.9. The quantitative estimate of drug-likeness (QED) is 0.685. The molecule has 0 bridgehead atoms. The van der Waals surface area contributed by atoms with E-state index in [-0.39, 0.29) is 23.0 Å². The first kappa shape index (κ1) is 21.5. The van der Waals surface area contributed by atoms with Crippen LogP contribution in [0.15, 0.2) is 47.4 Å². The molecular weight excluding hydrogens is 411 g/mol. The first-order valence-corrected chi connectivity index (χ1v) is 10.5. The van der Waals surface area contributed by atoms with E-state index in [9.17, 15) is 13.2 Å². The molecule has 2 aromatic carbocycles. The lowest BCUT2D eigenvalue weighted by Gasteiger charge is -2.20. The molecule has 0 radical (unpaired) electrons. The Kier molecular flexibility index (Phi) is 7.49. The number of benzene rings is 2. The zero-order chi connectivity index (χ0) is 20.0. The molecule has 0 aliphatic rings. The Morgan fingerprint density at radius 3 is 2.41 bits per heavy atom. The summed E-state index contributed by atoms with van der Waals surface area (Å²) in [4.78, 5) is 12.3. The molecule has 0 saturated carbocycles. The monoisotopic (exact) mass is 430 g/mol. The molecule has 9 heteroatoms. The summed E-state index contributed by atoms with van der Waals surface area (Å²) in [5, 5.41) is 3.17. The fourth-order valence-electron chi connectivity index (χ4n) is 2.34. The Bertz CT molecular complexity index is 919. The SMILES string of the molecule is CCOc1ccc(S(=O)(=O)N(CC)CC(=O)Nc2ccccc2Cl)cc1Cl. The van der Waals surface area contributed by atoms with Crippen LogP contribution < -0.4 is 10.1 Å². The standard InChI is InChI=1S/C18H20Cl2N2O4S/c1-3-22(12-18(23)21-16-8-6-5-7-14(16)19)27(24,25)13-9-10-17(26-4-2)15(20)11-13/h5-11H,3-4,12H2,1-2H3,(H,21,23). The fourth-order valence-corrected chi connectivity index (χ4v) is 4.26. The Hall–Kier alpha value is -1.80. The van der Waals surface area contributed by atoms with Gasteiger partial charge in [0, 0.05) is 6.54 Å². The van der Waals surface area contributed by atoms with E-state index in [1.54, 1.807) is 38.1 Å². The number of hydrogen-bond acceptors (Lipinski definition) is 4. The van der Waals surface area contributed by atoms with Crippen molar-refractivity contribution in [2.24, 2.45) is 0 Å². The molecule has 2 rings (SSSR count). The third-order valence-electron chi connectivity index (χ3n) is 3.66. The van der Waals surface area contributed by atoms with Crippen molar-refractivity contribution < 1.29 is 17.9 Å². The van der Waals surface area contributed by atoms with Crippen LogP contribution in [0.3, 0.4) is 0 Å². The van der Waals surface area contributed by atoms with Crippen molar-refractivity contribution in [3.8, 4) is 5.75 Å². The van der Waals surface area contributed by atoms with Crippen LogP contribution >= 0.6 is 23.2 Å². The Balaban J connectivity index is 2.18. The molecule has 6 nitrogen and oxygen atoms in total. The Morgan fingerprint density at radius 1 is 1.11 bits per heavy atom. The number of rotatable bonds is 8. The van der Waals surface area contributed by atoms with Crippen LogP contribution in [-0.2, 0) is 14.8 Å². The van der Waals surface area contributed by atoms with Gasteiger partial charge in [0.05, 0.1) is 33.8 Å². The number of para-hydroxylation sites is 1. The molecule has 0 aliphatic carbocycles. The highest BCUT2D eigenvalue weighted by atomic mass is 35.5. The molecule has 146 valence electrons. The van der Waals surface area contributed by atoms with Crippen LogP contribution in [0.1, 0.15) is 13.8 Å². The lowest BCUT2D eigenvalue weighted by Crippen LogP contribution is -2.37. The molecule has 0 aromatic heterocycles. The molecule has 27 heavy (non-hydrogen) atoms. The number of amides is 1. The molecule has 1 amide bonds. The topological polar surface area (TPSA) is 75.7 Å². The van der Waals surface area contributed by atoms with Crippen LogP contribution in [0.4, 0.5) is 5.69 Å². The van der Waals surface area contributed by atoms with E-state index in [4.69, 9.17) is 27.9 Å². The van der Waals surface area contributed by atoms with E-state index in [0.717, 1.165) is 4.31 Å². The minimum absolute atomic E-state index is 0.0108. The van der Waals surface area contributed by atoms with Gasteiger partial charge in [-0.05, 0) is 37.3 Å². The molecule has 0 saturated heterocycles. The minimum Gasteiger partial charge on any atom is -0.492 e. The lowest BCUT2D eigenvalue weighted by molar-refractivity contribution is -0.116. The number of halogens is 2. The second-order valence-electron chi connectivity index (χ2n) is 5.48. The van der Waals surface area contributed by atoms with Gasteiger partial charge >= 0.3 is 0 Å². The van der Waals surface area contributed by atoms with E-state index in [2.05, 4.69) is 5.32 Å². The van der Waals surface area contributed by atoms with E-state index in [0.29, 0.717) is 23.1 Å². The van der Waals surface area contributed by atoms with Gasteiger partial charge in [0.25, 0.3) is 0 Å². The summed E-state index contributed by atoms with van der Waals surface area (Å²) in [7, 11) is -3.90. The van der Waals surface area contributed by atoms with Gasteiger partial charge in [0.2, 0.25) is 15.9 Å². The van der Waals surface area contributed by atoms with Crippen LogP contribution in [0.2, 0.25) is 10.0 Å². The fraction of sp³-hybridized carbons (Fsp3) is 0.278. The minimum atomic E-state index is -3.90. The van der Waals surface area contributed by atoms with Crippen LogP contribution in [0, 0.1) is 0 Å². The van der Waals surface area contributed by atoms with Crippen LogP contribution in [0.5, 0.6) is 5.75 Å². The Morgan fingerprint density at radius 2 is 1.81 bits per heavy atom. The van der Waals surface area contributed by atoms with Crippen molar-refractivity contribution in [1.82, 2.24) is 4.31 Å². The molecule has 0 aliphatic heterocycles. The summed E-state index contributed by atoms with van der Waals surface area (Å²) in [6.07, 6.45) is 0. The number of ether oxygens (including phenoxy) is 1. The highest BCUT2D eigenvalue weighted by molar-refractivity contribution is 7.89. The number of sulfonamides is 1. The van der Waals surface area contributed by atoms with Gasteiger partial charge in [0.1, 0.15) is 5.75 Å². The highest BCUT2D eigenvalue weighted by Crippen LogP contribution is 2.29. The molecule has 0 fully saturated rings. The Labute approximate surface area is 169 Å². The number of likely N-dealkylation sites (N-methyl/N-ethyl adjacent to an activating group) is 1. The summed E-state index contributed by atoms with van der Waals surface area (Å²) >= 11 is 12.1. The number of hydrogen-bond donors (Lipinski definition) is 1. The predicted octanol–water partition coefficient (Wildman–Crippen LogP) is 4.04. The van der Waals surface area contributed by atoms with E-state index in [1.807, 2.05) is 0 Å². The van der Waals surface area contributed by atoms with Crippen molar-refractivity contribution in [3.05, 3.63) is 52.5 Å². The average Bonchev–Trinajstić information content (AvgIpc) is 2.63. The summed E-state index contributed by atoms with van der Waals surface area (Å²) in [6.45, 7) is 3.63. The van der Waals surface area contributed by atoms with Gasteiger partial charge in [-0.15, -0.1) is 0 Å². The summed E-state index contributed by atoms with van der Waals surface area (Å²) in [5.41, 5.74) is 0.418. The third-order valence-corrected chi connectivity index (χ3v) is 6.20. The van der Waals surface area contributed by atoms with Crippen LogP contribution in [0.25, 0.3) is 0 Å². The molecular formula is C18H20Cl2N2O4S. The first-order valence-electron chi connectivity index (χ1n) is 8.26. The van der Waals surface area contributed by atoms with Crippen LogP contribution in [-0.4, -0.2) is 38.3 Å². The smallest absolute Gasteiger partial charge is 0.243 e. The number of carbonyl (C=O) groups is 1. The largest absolute Gasteiger partial charge is 0.492 e. The number of anilines is 1. The van der Waals surface area contributed by atoms with Gasteiger partial charge in [-0.2, -0.15) is 4.31 Å². The van der Waals surface area contributed by atoms with Crippen molar-refractivity contribution in [1.29, 1.82) is 0 Å². The maximum Gasteiger partial charge on any atom is 0.243 e. The number of carbonyl (C=O) groups excluding carboxylic acids is 1. The van der Waals surface area contributed by atoms with E-state index >= 15 is 0 Å². The molecule has 0 atom stereocenters. The second kappa shape index (κ2) is 9.41. The molecule has 2 aromatic rings. The predicted molar refractivity (Wildman–Crippen MR) is 107 cm³/mol.